The fourth-order valence-electron chi connectivity index (χ4n) is 0. The van der Waals surface area contributed by atoms with Crippen LogP contribution in [0.5, 0.6) is 0 Å². The summed E-state index contributed by atoms with van der Waals surface area (Å²) in [6.45, 7) is 0.972. The summed E-state index contributed by atoms with van der Waals surface area (Å²) in [5.74, 6) is -1.08. The molecule has 0 aliphatic carbocycles. The quantitative estimate of drug-likeness (QED) is 0.329. The third-order valence-electron chi connectivity index (χ3n) is 0. The molecule has 0 fully saturated rings. The maximum atomic E-state index is 8.89. The van der Waals surface area contributed by atoms with Crippen LogP contribution in [0, 0.1) is 0 Å². The van der Waals surface area contributed by atoms with E-state index in [0.717, 1.165) is 6.92 Å². The molecule has 0 N–H and O–H groups in total. The van der Waals surface area contributed by atoms with Crippen molar-refractivity contribution < 1.29 is 105 Å². The summed E-state index contributed by atoms with van der Waals surface area (Å²) >= 11 is 0. The molecular weight excluding hydrogens is 287 g/mol. The first-order valence-corrected chi connectivity index (χ1v) is 0.908. The van der Waals surface area contributed by atoms with Crippen molar-refractivity contribution in [3.05, 3.63) is 0 Å². The maximum Gasteiger partial charge on any atom is 2.00 e. The number of hydrogen-bond acceptors (Lipinski definition) is 2. The van der Waals surface area contributed by atoms with Gasteiger partial charge in [-0.05, 0) is 6.92 Å². The number of carbonyl (C=O) groups excluding carboxylic acids is 1. The number of hydrogen-bond donors (Lipinski definition) is 0. The molecule has 0 rings (SSSR count). The number of carboxylic acids is 1. The van der Waals surface area contributed by atoms with Gasteiger partial charge in [-0.3, -0.25) is 0 Å². The SMILES string of the molecule is CC(=O)[O-].[I-].[K+].[Zn+2]. The molecule has 0 unspecified atom stereocenters. The molecule has 0 aliphatic heterocycles. The number of rotatable bonds is 0. The average molecular weight is 290 g/mol. The van der Waals surface area contributed by atoms with Crippen molar-refractivity contribution >= 4 is 5.97 Å². The Balaban J connectivity index is -0.0000000150. The van der Waals surface area contributed by atoms with Gasteiger partial charge in [0.15, 0.2) is 0 Å². The van der Waals surface area contributed by atoms with Gasteiger partial charge in [-0.25, -0.2) is 0 Å². The van der Waals surface area contributed by atoms with Crippen LogP contribution in [0.1, 0.15) is 6.92 Å². The monoisotopic (exact) mass is 289 g/mol. The van der Waals surface area contributed by atoms with E-state index >= 15 is 0 Å². The molecule has 0 spiro atoms. The van der Waals surface area contributed by atoms with E-state index < -0.39 is 5.97 Å². The van der Waals surface area contributed by atoms with Gasteiger partial charge in [0, 0.05) is 5.97 Å². The second-order valence-corrected chi connectivity index (χ2v) is 0.492. The van der Waals surface area contributed by atoms with Crippen molar-refractivity contribution in [3.63, 3.8) is 0 Å². The van der Waals surface area contributed by atoms with Gasteiger partial charge in [0.05, 0.1) is 0 Å². The van der Waals surface area contributed by atoms with Gasteiger partial charge in [-0.2, -0.15) is 0 Å². The van der Waals surface area contributed by atoms with Gasteiger partial charge in [0.2, 0.25) is 0 Å². The van der Waals surface area contributed by atoms with E-state index in [-0.39, 0.29) is 94.8 Å². The van der Waals surface area contributed by atoms with E-state index in [1.165, 1.54) is 0 Å². The van der Waals surface area contributed by atoms with E-state index in [4.69, 9.17) is 9.90 Å². The van der Waals surface area contributed by atoms with Crippen molar-refractivity contribution in [2.45, 2.75) is 6.92 Å². The molecule has 5 heteroatoms. The van der Waals surface area contributed by atoms with E-state index in [1.807, 2.05) is 0 Å². The predicted octanol–water partition coefficient (Wildman–Crippen LogP) is -7.24. The van der Waals surface area contributed by atoms with Crippen molar-refractivity contribution in [2.75, 3.05) is 0 Å². The Bertz CT molecular complexity index is 38.7. The first kappa shape index (κ1) is 22.7. The number of carboxylic acid groups (broad SMARTS) is 1. The molecule has 32 valence electrons. The van der Waals surface area contributed by atoms with E-state index in [2.05, 4.69) is 0 Å². The maximum absolute atomic E-state index is 8.89. The van der Waals surface area contributed by atoms with E-state index in [0.29, 0.717) is 0 Å². The fraction of sp³-hybridized carbons (Fsp3) is 0.500. The number of carbonyl (C=O) groups is 1. The summed E-state index contributed by atoms with van der Waals surface area (Å²) in [5.41, 5.74) is 0. The Labute approximate surface area is 115 Å². The Kier molecular flexibility index (Phi) is 51.2. The number of halogens is 1. The second kappa shape index (κ2) is 15.8. The van der Waals surface area contributed by atoms with Gasteiger partial charge >= 0.3 is 70.9 Å². The summed E-state index contributed by atoms with van der Waals surface area (Å²) in [4.78, 5) is 8.89. The normalized spacial score (nSPS) is 3.57. The molecule has 0 amide bonds. The summed E-state index contributed by atoms with van der Waals surface area (Å²) in [6, 6.07) is 0. The molecule has 0 aromatic carbocycles. The van der Waals surface area contributed by atoms with Crippen molar-refractivity contribution in [1.29, 1.82) is 0 Å². The van der Waals surface area contributed by atoms with E-state index in [9.17, 15) is 0 Å². The first-order valence-electron chi connectivity index (χ1n) is 0.908. The Morgan fingerprint density at radius 2 is 1.57 bits per heavy atom. The summed E-state index contributed by atoms with van der Waals surface area (Å²) in [7, 11) is 0. The summed E-state index contributed by atoms with van der Waals surface area (Å²) in [6.07, 6.45) is 0. The van der Waals surface area contributed by atoms with Crippen molar-refractivity contribution in [1.82, 2.24) is 0 Å². The molecule has 7 heavy (non-hydrogen) atoms. The second-order valence-electron chi connectivity index (χ2n) is 0.492. The van der Waals surface area contributed by atoms with E-state index in [1.54, 1.807) is 0 Å². The van der Waals surface area contributed by atoms with Crippen LogP contribution in [-0.2, 0) is 24.3 Å². The van der Waals surface area contributed by atoms with Crippen LogP contribution in [0.3, 0.4) is 0 Å². The minimum absolute atomic E-state index is 0. The molecule has 0 radical (unpaired) electrons. The molecule has 0 saturated heterocycles. The largest absolute Gasteiger partial charge is 2.00 e. The summed E-state index contributed by atoms with van der Waals surface area (Å²) in [5, 5.41) is 8.89. The Morgan fingerprint density at radius 3 is 1.57 bits per heavy atom. The number of aliphatic carboxylic acids is 1. The Morgan fingerprint density at radius 1 is 1.57 bits per heavy atom. The standard InChI is InChI=1S/C2H4O2.HI.K.Zn/c1-2(3)4;;;/h1H3,(H,3,4);1H;;/q;;+1;+2/p-2. The van der Waals surface area contributed by atoms with Crippen molar-refractivity contribution in [3.8, 4) is 0 Å². The third-order valence-corrected chi connectivity index (χ3v) is 0. The molecular formula is C2H3IKO2Zn+. The third kappa shape index (κ3) is 58.3. The molecule has 2 nitrogen and oxygen atoms in total. The minimum atomic E-state index is -1.08. The predicted molar refractivity (Wildman–Crippen MR) is 10.7 cm³/mol. The van der Waals surface area contributed by atoms with Crippen LogP contribution < -0.4 is 80.5 Å². The fourth-order valence-corrected chi connectivity index (χ4v) is 0. The van der Waals surface area contributed by atoms with Gasteiger partial charge < -0.3 is 33.9 Å². The molecule has 0 aromatic heterocycles. The van der Waals surface area contributed by atoms with Crippen LogP contribution in [0.4, 0.5) is 0 Å². The van der Waals surface area contributed by atoms with Gasteiger partial charge in [-0.1, -0.05) is 0 Å². The van der Waals surface area contributed by atoms with Gasteiger partial charge in [-0.15, -0.1) is 0 Å². The Hall–Kier alpha value is 2.46. The average Bonchev–Trinajstić information content (AvgIpc) is 0.811. The molecule has 0 bridgehead atoms. The zero-order valence-corrected chi connectivity index (χ0v) is 12.6. The molecule has 0 heterocycles. The first-order chi connectivity index (χ1) is 1.73. The molecule has 0 aliphatic rings. The van der Waals surface area contributed by atoms with Crippen LogP contribution >= 0.6 is 0 Å². The minimum Gasteiger partial charge on any atom is -1.00 e. The molecule has 0 aromatic rings. The van der Waals surface area contributed by atoms with Gasteiger partial charge in [0.1, 0.15) is 0 Å². The summed E-state index contributed by atoms with van der Waals surface area (Å²) < 4.78 is 0. The van der Waals surface area contributed by atoms with Crippen LogP contribution in [0.2, 0.25) is 0 Å². The van der Waals surface area contributed by atoms with Crippen LogP contribution in [0.15, 0.2) is 0 Å². The van der Waals surface area contributed by atoms with Crippen LogP contribution in [-0.4, -0.2) is 5.97 Å². The van der Waals surface area contributed by atoms with Gasteiger partial charge in [0.25, 0.3) is 0 Å². The zero-order valence-electron chi connectivity index (χ0n) is 4.40. The van der Waals surface area contributed by atoms with Crippen molar-refractivity contribution in [2.24, 2.45) is 0 Å². The molecule has 0 saturated carbocycles. The molecule has 0 atom stereocenters. The zero-order chi connectivity index (χ0) is 3.58. The van der Waals surface area contributed by atoms with Crippen LogP contribution in [0.25, 0.3) is 0 Å². The topological polar surface area (TPSA) is 40.1 Å². The smallest absolute Gasteiger partial charge is 1.00 e.